The highest BCUT2D eigenvalue weighted by Crippen LogP contribution is 2.33. The molecule has 1 saturated heterocycles. The molecule has 0 radical (unpaired) electrons. The van der Waals surface area contributed by atoms with E-state index in [9.17, 15) is 13.2 Å². The van der Waals surface area contributed by atoms with Gasteiger partial charge in [-0.05, 0) is 29.3 Å². The van der Waals surface area contributed by atoms with E-state index in [0.29, 0.717) is 17.5 Å². The summed E-state index contributed by atoms with van der Waals surface area (Å²) in [6.45, 7) is 6.36. The summed E-state index contributed by atoms with van der Waals surface area (Å²) < 4.78 is 37.7. The van der Waals surface area contributed by atoms with Gasteiger partial charge in [-0.3, -0.25) is 9.80 Å². The smallest absolute Gasteiger partial charge is 0.296 e. The molecular weight excluding hydrogens is 343 g/mol. The average Bonchev–Trinajstić information content (AvgIpc) is 3.18. The maximum absolute atomic E-state index is 12.6. The van der Waals surface area contributed by atoms with Crippen molar-refractivity contribution < 1.29 is 13.2 Å². The summed E-state index contributed by atoms with van der Waals surface area (Å²) in [6.07, 6.45) is -2.98. The summed E-state index contributed by atoms with van der Waals surface area (Å²) in [6, 6.07) is 2.54. The van der Waals surface area contributed by atoms with Gasteiger partial charge in [0, 0.05) is 49.8 Å². The zero-order valence-corrected chi connectivity index (χ0v) is 14.3. The van der Waals surface area contributed by atoms with Crippen LogP contribution < -0.4 is 0 Å². The second-order valence-corrected chi connectivity index (χ2v) is 7.57. The summed E-state index contributed by atoms with van der Waals surface area (Å²) in [5, 5.41) is 3.51. The Morgan fingerprint density at radius 3 is 2.57 bits per heavy atom. The predicted octanol–water partition coefficient (Wildman–Crippen LogP) is 4.10. The first-order valence-electron chi connectivity index (χ1n) is 7.44. The van der Waals surface area contributed by atoms with Crippen LogP contribution in [0.2, 0.25) is 0 Å². The first kappa shape index (κ1) is 16.9. The molecule has 126 valence electrons. The summed E-state index contributed by atoms with van der Waals surface area (Å²) in [5.74, 6) is 0. The van der Waals surface area contributed by atoms with Gasteiger partial charge >= 0.3 is 6.18 Å². The van der Waals surface area contributed by atoms with E-state index in [-0.39, 0.29) is 0 Å². The van der Waals surface area contributed by atoms with Gasteiger partial charge in [0.15, 0.2) is 5.01 Å². The normalized spacial score (nSPS) is 19.1. The van der Waals surface area contributed by atoms with Crippen LogP contribution in [0.4, 0.5) is 13.2 Å². The van der Waals surface area contributed by atoms with Crippen molar-refractivity contribution in [2.24, 2.45) is 0 Å². The van der Waals surface area contributed by atoms with Crippen molar-refractivity contribution in [2.75, 3.05) is 26.2 Å². The second kappa shape index (κ2) is 6.88. The molecule has 1 aliphatic heterocycles. The molecule has 0 spiro atoms. The summed E-state index contributed by atoms with van der Waals surface area (Å²) >= 11 is 2.45. The molecule has 0 aromatic carbocycles. The number of alkyl halides is 3. The number of halogens is 3. The Morgan fingerprint density at radius 1 is 1.26 bits per heavy atom. The van der Waals surface area contributed by atoms with Crippen LogP contribution in [0.15, 0.2) is 23.0 Å². The van der Waals surface area contributed by atoms with Gasteiger partial charge in [-0.25, -0.2) is 4.98 Å². The third-order valence-corrected chi connectivity index (χ3v) is 5.88. The standard InChI is InChI=1S/C15H18F3N3S2/c1-11(12-2-7-22-10-12)21-5-3-20(4-6-21)9-13-8-19-14(23-13)15(16,17)18/h2,7-8,10-11H,3-6,9H2,1H3/t11-/m1/s1. The number of rotatable bonds is 4. The van der Waals surface area contributed by atoms with Gasteiger partial charge in [0.2, 0.25) is 0 Å². The molecule has 23 heavy (non-hydrogen) atoms. The van der Waals surface area contributed by atoms with Crippen molar-refractivity contribution in [3.8, 4) is 0 Å². The Bertz CT molecular complexity index is 616. The fourth-order valence-corrected chi connectivity index (χ4v) is 4.33. The average molecular weight is 361 g/mol. The fraction of sp³-hybridized carbons (Fsp3) is 0.533. The van der Waals surface area contributed by atoms with E-state index in [1.165, 1.54) is 11.8 Å². The number of hydrogen-bond acceptors (Lipinski definition) is 5. The highest BCUT2D eigenvalue weighted by Gasteiger charge is 2.34. The van der Waals surface area contributed by atoms with Crippen molar-refractivity contribution in [1.29, 1.82) is 0 Å². The van der Waals surface area contributed by atoms with E-state index >= 15 is 0 Å². The monoisotopic (exact) mass is 361 g/mol. The van der Waals surface area contributed by atoms with Crippen molar-refractivity contribution in [2.45, 2.75) is 25.7 Å². The zero-order chi connectivity index (χ0) is 16.4. The Balaban J connectivity index is 1.52. The third-order valence-electron chi connectivity index (χ3n) is 4.16. The first-order valence-corrected chi connectivity index (χ1v) is 9.20. The van der Waals surface area contributed by atoms with E-state index in [2.05, 4.69) is 38.5 Å². The van der Waals surface area contributed by atoms with Crippen LogP contribution in [0.3, 0.4) is 0 Å². The van der Waals surface area contributed by atoms with Gasteiger partial charge in [0.05, 0.1) is 0 Å². The Morgan fingerprint density at radius 2 is 2.00 bits per heavy atom. The van der Waals surface area contributed by atoms with E-state index < -0.39 is 11.2 Å². The number of thiophene rings is 1. The van der Waals surface area contributed by atoms with E-state index in [1.54, 1.807) is 11.3 Å². The lowest BCUT2D eigenvalue weighted by Gasteiger charge is -2.37. The highest BCUT2D eigenvalue weighted by atomic mass is 32.1. The number of hydrogen-bond donors (Lipinski definition) is 0. The second-order valence-electron chi connectivity index (χ2n) is 5.67. The van der Waals surface area contributed by atoms with Crippen LogP contribution in [0.25, 0.3) is 0 Å². The third kappa shape index (κ3) is 4.12. The van der Waals surface area contributed by atoms with Gasteiger partial charge in [0.1, 0.15) is 0 Å². The zero-order valence-electron chi connectivity index (χ0n) is 12.7. The molecule has 0 bridgehead atoms. The van der Waals surface area contributed by atoms with Crippen LogP contribution >= 0.6 is 22.7 Å². The Labute approximate surface area is 141 Å². The molecule has 0 N–H and O–H groups in total. The van der Waals surface area contributed by atoms with E-state index in [4.69, 9.17) is 0 Å². The van der Waals surface area contributed by atoms with Crippen molar-refractivity contribution in [3.05, 3.63) is 38.5 Å². The predicted molar refractivity (Wildman–Crippen MR) is 86.7 cm³/mol. The number of piperazine rings is 1. The largest absolute Gasteiger partial charge is 0.443 e. The minimum absolute atomic E-state index is 0.392. The molecule has 2 aromatic rings. The molecule has 0 amide bonds. The fourth-order valence-electron chi connectivity index (χ4n) is 2.76. The molecule has 0 unspecified atom stereocenters. The lowest BCUT2D eigenvalue weighted by Crippen LogP contribution is -2.46. The van der Waals surface area contributed by atoms with Crippen LogP contribution in [-0.4, -0.2) is 41.0 Å². The van der Waals surface area contributed by atoms with Gasteiger partial charge < -0.3 is 0 Å². The summed E-state index contributed by atoms with van der Waals surface area (Å²) in [7, 11) is 0. The van der Waals surface area contributed by atoms with Crippen LogP contribution in [0.5, 0.6) is 0 Å². The maximum atomic E-state index is 12.6. The first-order chi connectivity index (χ1) is 10.9. The number of nitrogens with zero attached hydrogens (tertiary/aromatic N) is 3. The van der Waals surface area contributed by atoms with E-state index in [0.717, 1.165) is 37.5 Å². The minimum Gasteiger partial charge on any atom is -0.296 e. The lowest BCUT2D eigenvalue weighted by molar-refractivity contribution is -0.137. The van der Waals surface area contributed by atoms with Gasteiger partial charge in [-0.15, -0.1) is 11.3 Å². The minimum atomic E-state index is -4.34. The molecule has 3 nitrogen and oxygen atoms in total. The van der Waals surface area contributed by atoms with Crippen LogP contribution in [0.1, 0.15) is 28.4 Å². The maximum Gasteiger partial charge on any atom is 0.443 e. The summed E-state index contributed by atoms with van der Waals surface area (Å²) in [5.41, 5.74) is 1.33. The molecule has 1 fully saturated rings. The molecule has 1 aliphatic rings. The van der Waals surface area contributed by atoms with Crippen LogP contribution in [-0.2, 0) is 12.7 Å². The van der Waals surface area contributed by atoms with Crippen molar-refractivity contribution >= 4 is 22.7 Å². The van der Waals surface area contributed by atoms with Gasteiger partial charge in [0.25, 0.3) is 0 Å². The molecule has 8 heteroatoms. The van der Waals surface area contributed by atoms with Crippen molar-refractivity contribution in [1.82, 2.24) is 14.8 Å². The number of aromatic nitrogens is 1. The van der Waals surface area contributed by atoms with E-state index in [1.807, 2.05) is 0 Å². The molecule has 3 rings (SSSR count). The van der Waals surface area contributed by atoms with Gasteiger partial charge in [-0.1, -0.05) is 0 Å². The highest BCUT2D eigenvalue weighted by molar-refractivity contribution is 7.11. The molecule has 0 aliphatic carbocycles. The van der Waals surface area contributed by atoms with Crippen molar-refractivity contribution in [3.63, 3.8) is 0 Å². The quantitative estimate of drug-likeness (QED) is 0.817. The SMILES string of the molecule is C[C@H](c1ccsc1)N1CCN(Cc2cnc(C(F)(F)F)s2)CC1. The molecule has 2 aromatic heterocycles. The number of thiazole rings is 1. The topological polar surface area (TPSA) is 19.4 Å². The molecule has 3 heterocycles. The summed E-state index contributed by atoms with van der Waals surface area (Å²) in [4.78, 5) is 8.79. The molecular formula is C15H18F3N3S2. The van der Waals surface area contributed by atoms with Gasteiger partial charge in [-0.2, -0.15) is 24.5 Å². The van der Waals surface area contributed by atoms with Crippen LogP contribution in [0, 0.1) is 0 Å². The molecule has 1 atom stereocenters. The lowest BCUT2D eigenvalue weighted by atomic mass is 10.1. The Hall–Kier alpha value is -0.960. The molecule has 0 saturated carbocycles. The Kier molecular flexibility index (Phi) is 5.05.